The second kappa shape index (κ2) is 5.61. The molecule has 0 aromatic carbocycles. The summed E-state index contributed by atoms with van der Waals surface area (Å²) in [7, 11) is 0. The Hall–Kier alpha value is -0.0800. The lowest BCUT2D eigenvalue weighted by Crippen LogP contribution is -2.44. The molecule has 2 rings (SSSR count). The first kappa shape index (κ1) is 11.0. The Balaban J connectivity index is 0.000000396. The first-order valence-electron chi connectivity index (χ1n) is 5.75. The maximum Gasteiger partial charge on any atom is 0.0622 e. The normalized spacial score (nSPS) is 33.5. The molecule has 2 aliphatic heterocycles. The molecule has 0 amide bonds. The molecular weight excluding hydrogens is 162 g/mol. The van der Waals surface area contributed by atoms with E-state index in [4.69, 9.17) is 4.74 Å². The van der Waals surface area contributed by atoms with Crippen LogP contribution in [-0.2, 0) is 4.74 Å². The average Bonchev–Trinajstić information content (AvgIpc) is 2.64. The first-order valence-corrected chi connectivity index (χ1v) is 5.75. The van der Waals surface area contributed by atoms with Crippen LogP contribution in [0.2, 0.25) is 0 Å². The van der Waals surface area contributed by atoms with E-state index >= 15 is 0 Å². The summed E-state index contributed by atoms with van der Waals surface area (Å²) in [6, 6.07) is 1.62. The van der Waals surface area contributed by atoms with E-state index in [0.29, 0.717) is 0 Å². The topological polar surface area (TPSA) is 12.5 Å². The molecule has 2 aliphatic rings. The summed E-state index contributed by atoms with van der Waals surface area (Å²) in [6.45, 7) is 9.40. The second-order valence-corrected chi connectivity index (χ2v) is 3.61. The van der Waals surface area contributed by atoms with Crippen LogP contribution in [0.25, 0.3) is 0 Å². The zero-order chi connectivity index (χ0) is 9.68. The summed E-state index contributed by atoms with van der Waals surface area (Å²) in [6.07, 6.45) is 4.07. The van der Waals surface area contributed by atoms with Gasteiger partial charge in [0.15, 0.2) is 0 Å². The lowest BCUT2D eigenvalue weighted by Gasteiger charge is -2.33. The van der Waals surface area contributed by atoms with Gasteiger partial charge in [0.2, 0.25) is 0 Å². The molecule has 0 spiro atoms. The molecule has 2 saturated heterocycles. The van der Waals surface area contributed by atoms with E-state index in [1.807, 2.05) is 13.8 Å². The van der Waals surface area contributed by atoms with E-state index < -0.39 is 0 Å². The van der Waals surface area contributed by atoms with Gasteiger partial charge in [0, 0.05) is 18.6 Å². The molecule has 0 radical (unpaired) electrons. The fraction of sp³-hybridized carbons (Fsp3) is 1.00. The monoisotopic (exact) mass is 185 g/mol. The van der Waals surface area contributed by atoms with Crippen LogP contribution in [0.1, 0.15) is 40.0 Å². The van der Waals surface area contributed by atoms with Crippen molar-refractivity contribution in [2.75, 3.05) is 19.8 Å². The lowest BCUT2D eigenvalue weighted by atomic mass is 10.1. The third kappa shape index (κ3) is 2.44. The number of ether oxygens (including phenoxy) is 1. The predicted octanol–water partition coefficient (Wildman–Crippen LogP) is 2.29. The summed E-state index contributed by atoms with van der Waals surface area (Å²) in [5.74, 6) is 0. The van der Waals surface area contributed by atoms with Crippen LogP contribution in [0.5, 0.6) is 0 Å². The van der Waals surface area contributed by atoms with Gasteiger partial charge in [-0.25, -0.2) is 0 Å². The van der Waals surface area contributed by atoms with Crippen LogP contribution < -0.4 is 0 Å². The van der Waals surface area contributed by atoms with E-state index in [0.717, 1.165) is 25.3 Å². The number of hydrogen-bond acceptors (Lipinski definition) is 2. The zero-order valence-electron chi connectivity index (χ0n) is 9.25. The molecule has 0 aromatic rings. The minimum atomic E-state index is 0.758. The summed E-state index contributed by atoms with van der Waals surface area (Å²) in [5.41, 5.74) is 0. The van der Waals surface area contributed by atoms with E-state index in [1.54, 1.807) is 0 Å². The molecule has 13 heavy (non-hydrogen) atoms. The Kier molecular flexibility index (Phi) is 4.74. The van der Waals surface area contributed by atoms with E-state index in [9.17, 15) is 0 Å². The van der Waals surface area contributed by atoms with Crippen molar-refractivity contribution in [3.8, 4) is 0 Å². The van der Waals surface area contributed by atoms with Gasteiger partial charge in [-0.3, -0.25) is 4.90 Å². The summed E-state index contributed by atoms with van der Waals surface area (Å²) in [5, 5.41) is 0. The Bertz CT molecular complexity index is 132. The van der Waals surface area contributed by atoms with Gasteiger partial charge < -0.3 is 4.74 Å². The van der Waals surface area contributed by atoms with E-state index in [1.165, 1.54) is 25.8 Å². The van der Waals surface area contributed by atoms with Gasteiger partial charge in [-0.05, 0) is 19.3 Å². The summed E-state index contributed by atoms with van der Waals surface area (Å²) < 4.78 is 5.43. The average molecular weight is 185 g/mol. The molecular formula is C11H23NO. The molecule has 0 N–H and O–H groups in total. The van der Waals surface area contributed by atoms with Crippen molar-refractivity contribution in [3.63, 3.8) is 0 Å². The standard InChI is InChI=1S/C9H17NO.C2H6/c1-2-8-3-4-9-7-11-6-5-10(8)9;1-2/h8-9H,2-7H2,1H3;1-2H3/t8-,9?;/m0./s1. The van der Waals surface area contributed by atoms with Crippen LogP contribution >= 0.6 is 0 Å². The Morgan fingerprint density at radius 2 is 2.08 bits per heavy atom. The molecule has 1 unspecified atom stereocenters. The molecule has 78 valence electrons. The molecule has 0 aliphatic carbocycles. The van der Waals surface area contributed by atoms with Crippen LogP contribution in [-0.4, -0.2) is 36.7 Å². The SMILES string of the molecule is CC.CC[C@H]1CCC2COCCN21. The van der Waals surface area contributed by atoms with Crippen molar-refractivity contribution in [3.05, 3.63) is 0 Å². The molecule has 0 saturated carbocycles. The van der Waals surface area contributed by atoms with Gasteiger partial charge in [0.05, 0.1) is 13.2 Å². The quantitative estimate of drug-likeness (QED) is 0.621. The first-order chi connectivity index (χ1) is 6.42. The van der Waals surface area contributed by atoms with Crippen molar-refractivity contribution >= 4 is 0 Å². The number of nitrogens with zero attached hydrogens (tertiary/aromatic N) is 1. The summed E-state index contributed by atoms with van der Waals surface area (Å²) in [4.78, 5) is 2.64. The van der Waals surface area contributed by atoms with Gasteiger partial charge in [-0.2, -0.15) is 0 Å². The minimum absolute atomic E-state index is 0.758. The highest BCUT2D eigenvalue weighted by Crippen LogP contribution is 2.27. The predicted molar refractivity (Wildman–Crippen MR) is 56.0 cm³/mol. The highest BCUT2D eigenvalue weighted by Gasteiger charge is 2.33. The molecule has 0 bridgehead atoms. The molecule has 2 heterocycles. The van der Waals surface area contributed by atoms with E-state index in [2.05, 4.69) is 11.8 Å². The number of fused-ring (bicyclic) bond motifs is 1. The van der Waals surface area contributed by atoms with Crippen molar-refractivity contribution in [2.24, 2.45) is 0 Å². The Morgan fingerprint density at radius 1 is 1.31 bits per heavy atom. The van der Waals surface area contributed by atoms with Gasteiger partial charge in [0.25, 0.3) is 0 Å². The van der Waals surface area contributed by atoms with Crippen LogP contribution in [0.4, 0.5) is 0 Å². The third-order valence-corrected chi connectivity index (χ3v) is 3.05. The van der Waals surface area contributed by atoms with Gasteiger partial charge in [-0.15, -0.1) is 0 Å². The largest absolute Gasteiger partial charge is 0.378 e. The number of hydrogen-bond donors (Lipinski definition) is 0. The van der Waals surface area contributed by atoms with Crippen LogP contribution in [0, 0.1) is 0 Å². The fourth-order valence-electron chi connectivity index (χ4n) is 2.39. The van der Waals surface area contributed by atoms with Crippen molar-refractivity contribution in [1.29, 1.82) is 0 Å². The minimum Gasteiger partial charge on any atom is -0.378 e. The van der Waals surface area contributed by atoms with E-state index in [-0.39, 0.29) is 0 Å². The van der Waals surface area contributed by atoms with Gasteiger partial charge in [0.1, 0.15) is 0 Å². The zero-order valence-corrected chi connectivity index (χ0v) is 9.25. The number of morpholine rings is 1. The smallest absolute Gasteiger partial charge is 0.0622 e. The van der Waals surface area contributed by atoms with Gasteiger partial charge >= 0.3 is 0 Å². The molecule has 2 nitrogen and oxygen atoms in total. The Labute approximate surface area is 82.3 Å². The maximum absolute atomic E-state index is 5.43. The molecule has 2 fully saturated rings. The van der Waals surface area contributed by atoms with Gasteiger partial charge in [-0.1, -0.05) is 20.8 Å². The van der Waals surface area contributed by atoms with Crippen LogP contribution in [0.3, 0.4) is 0 Å². The van der Waals surface area contributed by atoms with Crippen molar-refractivity contribution in [1.82, 2.24) is 4.90 Å². The highest BCUT2D eigenvalue weighted by molar-refractivity contribution is 4.88. The Morgan fingerprint density at radius 3 is 2.77 bits per heavy atom. The number of rotatable bonds is 1. The molecule has 2 atom stereocenters. The molecule has 2 heteroatoms. The second-order valence-electron chi connectivity index (χ2n) is 3.61. The highest BCUT2D eigenvalue weighted by atomic mass is 16.5. The molecule has 0 aromatic heterocycles. The lowest BCUT2D eigenvalue weighted by molar-refractivity contribution is -0.00313. The van der Waals surface area contributed by atoms with Crippen molar-refractivity contribution < 1.29 is 4.74 Å². The maximum atomic E-state index is 5.43. The van der Waals surface area contributed by atoms with Crippen molar-refractivity contribution in [2.45, 2.75) is 52.1 Å². The third-order valence-electron chi connectivity index (χ3n) is 3.05. The fourth-order valence-corrected chi connectivity index (χ4v) is 2.39. The summed E-state index contributed by atoms with van der Waals surface area (Å²) >= 11 is 0. The van der Waals surface area contributed by atoms with Crippen LogP contribution in [0.15, 0.2) is 0 Å².